The number of hydrogen-bond donors (Lipinski definition) is 1. The Morgan fingerprint density at radius 2 is 1.64 bits per heavy atom. The van der Waals surface area contributed by atoms with Crippen molar-refractivity contribution in [2.45, 2.75) is 64.7 Å². The van der Waals surface area contributed by atoms with Crippen molar-refractivity contribution in [3.8, 4) is 5.75 Å². The summed E-state index contributed by atoms with van der Waals surface area (Å²) in [5, 5.41) is 3.00. The van der Waals surface area contributed by atoms with E-state index in [2.05, 4.69) is 12.2 Å². The second kappa shape index (κ2) is 12.1. The Labute approximate surface area is 135 Å². The molecule has 0 aliphatic carbocycles. The van der Waals surface area contributed by atoms with Crippen LogP contribution in [-0.2, 0) is 11.2 Å². The van der Waals surface area contributed by atoms with E-state index in [1.165, 1.54) is 44.1 Å². The van der Waals surface area contributed by atoms with Gasteiger partial charge in [0.15, 0.2) is 0 Å². The number of amides is 1. The Bertz CT molecular complexity index is 400. The van der Waals surface area contributed by atoms with Crippen LogP contribution in [0.2, 0.25) is 0 Å². The topological polar surface area (TPSA) is 38.3 Å². The Balaban J connectivity index is 2.01. The summed E-state index contributed by atoms with van der Waals surface area (Å²) in [6, 6.07) is 7.99. The zero-order chi connectivity index (χ0) is 16.0. The molecule has 1 N–H and O–H groups in total. The monoisotopic (exact) mass is 305 g/mol. The van der Waals surface area contributed by atoms with Crippen LogP contribution in [0.25, 0.3) is 0 Å². The molecule has 0 saturated heterocycles. The van der Waals surface area contributed by atoms with Crippen molar-refractivity contribution >= 4 is 5.91 Å². The van der Waals surface area contributed by atoms with Crippen molar-refractivity contribution in [1.29, 1.82) is 0 Å². The maximum absolute atomic E-state index is 11.7. The van der Waals surface area contributed by atoms with E-state index in [-0.39, 0.29) is 5.91 Å². The Morgan fingerprint density at radius 1 is 1.00 bits per heavy atom. The fraction of sp³-hybridized carbons (Fsp3) is 0.632. The normalized spacial score (nSPS) is 10.5. The summed E-state index contributed by atoms with van der Waals surface area (Å²) in [5.74, 6) is 1.05. The molecule has 0 radical (unpaired) electrons. The Morgan fingerprint density at radius 3 is 2.27 bits per heavy atom. The number of ether oxygens (including phenoxy) is 1. The van der Waals surface area contributed by atoms with Crippen molar-refractivity contribution in [2.75, 3.05) is 13.7 Å². The first kappa shape index (κ1) is 18.5. The Hall–Kier alpha value is -1.51. The molecule has 0 spiro atoms. The first-order valence-electron chi connectivity index (χ1n) is 8.66. The molecule has 3 nitrogen and oxygen atoms in total. The van der Waals surface area contributed by atoms with E-state index in [4.69, 9.17) is 4.74 Å². The lowest BCUT2D eigenvalue weighted by Gasteiger charge is -2.06. The maximum Gasteiger partial charge on any atom is 0.220 e. The van der Waals surface area contributed by atoms with E-state index < -0.39 is 0 Å². The molecule has 0 heterocycles. The lowest BCUT2D eigenvalue weighted by molar-refractivity contribution is -0.121. The van der Waals surface area contributed by atoms with Gasteiger partial charge < -0.3 is 10.1 Å². The van der Waals surface area contributed by atoms with E-state index in [0.717, 1.165) is 18.6 Å². The van der Waals surface area contributed by atoms with Crippen LogP contribution < -0.4 is 10.1 Å². The molecular formula is C19H31NO2. The average molecular weight is 305 g/mol. The second-order valence-corrected chi connectivity index (χ2v) is 5.82. The number of carbonyl (C=O) groups is 1. The third kappa shape index (κ3) is 8.71. The first-order chi connectivity index (χ1) is 10.8. The Kier molecular flexibility index (Phi) is 10.2. The molecule has 0 fully saturated rings. The highest BCUT2D eigenvalue weighted by Crippen LogP contribution is 2.11. The SMILES string of the molecule is CCCCCCCCCC(=O)NCCc1ccc(OC)cc1. The molecule has 3 heteroatoms. The van der Waals surface area contributed by atoms with Gasteiger partial charge in [-0.3, -0.25) is 4.79 Å². The van der Waals surface area contributed by atoms with Crippen molar-refractivity contribution in [3.63, 3.8) is 0 Å². The number of rotatable bonds is 12. The average Bonchev–Trinajstić information content (AvgIpc) is 2.54. The molecule has 0 unspecified atom stereocenters. The van der Waals surface area contributed by atoms with Crippen LogP contribution >= 0.6 is 0 Å². The van der Waals surface area contributed by atoms with Gasteiger partial charge in [0, 0.05) is 13.0 Å². The van der Waals surface area contributed by atoms with Crippen LogP contribution in [0.15, 0.2) is 24.3 Å². The first-order valence-corrected chi connectivity index (χ1v) is 8.66. The van der Waals surface area contributed by atoms with E-state index in [9.17, 15) is 4.79 Å². The van der Waals surface area contributed by atoms with E-state index in [0.29, 0.717) is 13.0 Å². The van der Waals surface area contributed by atoms with Gasteiger partial charge in [0.1, 0.15) is 5.75 Å². The molecule has 1 aromatic carbocycles. The summed E-state index contributed by atoms with van der Waals surface area (Å²) in [4.78, 5) is 11.7. The third-order valence-corrected chi connectivity index (χ3v) is 3.90. The predicted molar refractivity (Wildman–Crippen MR) is 92.3 cm³/mol. The van der Waals surface area contributed by atoms with Gasteiger partial charge in [-0.15, -0.1) is 0 Å². The molecule has 22 heavy (non-hydrogen) atoms. The largest absolute Gasteiger partial charge is 0.497 e. The van der Waals surface area contributed by atoms with Crippen molar-refractivity contribution < 1.29 is 9.53 Å². The summed E-state index contributed by atoms with van der Waals surface area (Å²) in [6.45, 7) is 2.94. The van der Waals surface area contributed by atoms with Gasteiger partial charge in [0.2, 0.25) is 5.91 Å². The van der Waals surface area contributed by atoms with Gasteiger partial charge >= 0.3 is 0 Å². The lowest BCUT2D eigenvalue weighted by atomic mass is 10.1. The number of nitrogens with one attached hydrogen (secondary N) is 1. The van der Waals surface area contributed by atoms with Gasteiger partial charge in [-0.05, 0) is 30.5 Å². The summed E-state index contributed by atoms with van der Waals surface area (Å²) < 4.78 is 5.13. The lowest BCUT2D eigenvalue weighted by Crippen LogP contribution is -2.25. The van der Waals surface area contributed by atoms with Gasteiger partial charge in [-0.1, -0.05) is 57.6 Å². The molecule has 0 aromatic heterocycles. The molecule has 0 saturated carbocycles. The highest BCUT2D eigenvalue weighted by Gasteiger charge is 2.01. The van der Waals surface area contributed by atoms with E-state index >= 15 is 0 Å². The minimum Gasteiger partial charge on any atom is -0.497 e. The molecule has 0 aliphatic rings. The van der Waals surface area contributed by atoms with Crippen molar-refractivity contribution in [3.05, 3.63) is 29.8 Å². The maximum atomic E-state index is 11.7. The van der Waals surface area contributed by atoms with Gasteiger partial charge in [0.05, 0.1) is 7.11 Å². The summed E-state index contributed by atoms with van der Waals surface area (Å²) in [6.07, 6.45) is 10.3. The number of unbranched alkanes of at least 4 members (excludes halogenated alkanes) is 6. The van der Waals surface area contributed by atoms with Crippen LogP contribution in [0.1, 0.15) is 63.9 Å². The predicted octanol–water partition coefficient (Wildman–Crippen LogP) is 4.49. The molecule has 0 atom stereocenters. The summed E-state index contributed by atoms with van der Waals surface area (Å²) in [7, 11) is 1.67. The molecule has 0 aliphatic heterocycles. The summed E-state index contributed by atoms with van der Waals surface area (Å²) in [5.41, 5.74) is 1.22. The van der Waals surface area contributed by atoms with Gasteiger partial charge in [0.25, 0.3) is 0 Å². The smallest absolute Gasteiger partial charge is 0.220 e. The van der Waals surface area contributed by atoms with Gasteiger partial charge in [-0.2, -0.15) is 0 Å². The van der Waals surface area contributed by atoms with E-state index in [1.54, 1.807) is 7.11 Å². The second-order valence-electron chi connectivity index (χ2n) is 5.82. The minimum absolute atomic E-state index is 0.182. The molecule has 0 bridgehead atoms. The quantitative estimate of drug-likeness (QED) is 0.578. The fourth-order valence-electron chi connectivity index (χ4n) is 2.47. The number of hydrogen-bond acceptors (Lipinski definition) is 2. The zero-order valence-corrected chi connectivity index (χ0v) is 14.2. The molecule has 1 amide bonds. The van der Waals surface area contributed by atoms with Crippen molar-refractivity contribution in [1.82, 2.24) is 5.32 Å². The third-order valence-electron chi connectivity index (χ3n) is 3.90. The highest BCUT2D eigenvalue weighted by atomic mass is 16.5. The number of carbonyl (C=O) groups excluding carboxylic acids is 1. The van der Waals surface area contributed by atoms with Crippen LogP contribution in [0.3, 0.4) is 0 Å². The highest BCUT2D eigenvalue weighted by molar-refractivity contribution is 5.75. The zero-order valence-electron chi connectivity index (χ0n) is 14.2. The minimum atomic E-state index is 0.182. The van der Waals surface area contributed by atoms with Crippen molar-refractivity contribution in [2.24, 2.45) is 0 Å². The molecule has 124 valence electrons. The fourth-order valence-corrected chi connectivity index (χ4v) is 2.47. The van der Waals surface area contributed by atoms with Crippen LogP contribution in [0.4, 0.5) is 0 Å². The molecule has 1 rings (SSSR count). The number of methoxy groups -OCH3 is 1. The molecule has 1 aromatic rings. The van der Waals surface area contributed by atoms with Crippen LogP contribution in [0, 0.1) is 0 Å². The van der Waals surface area contributed by atoms with Gasteiger partial charge in [-0.25, -0.2) is 0 Å². The van der Waals surface area contributed by atoms with Crippen LogP contribution in [-0.4, -0.2) is 19.6 Å². The van der Waals surface area contributed by atoms with Crippen LogP contribution in [0.5, 0.6) is 5.75 Å². The number of benzene rings is 1. The summed E-state index contributed by atoms with van der Waals surface area (Å²) >= 11 is 0. The van der Waals surface area contributed by atoms with E-state index in [1.807, 2.05) is 24.3 Å². The molecular weight excluding hydrogens is 274 g/mol. The standard InChI is InChI=1S/C19H31NO2/c1-3-4-5-6-7-8-9-10-19(21)20-16-15-17-11-13-18(22-2)14-12-17/h11-14H,3-10,15-16H2,1-2H3,(H,20,21).